The first-order valence-corrected chi connectivity index (χ1v) is 7.20. The molecule has 0 aliphatic heterocycles. The van der Waals surface area contributed by atoms with Crippen LogP contribution in [0.3, 0.4) is 0 Å². The van der Waals surface area contributed by atoms with Crippen LogP contribution in [0.2, 0.25) is 0 Å². The molecule has 0 fully saturated rings. The Balaban J connectivity index is 1.90. The zero-order valence-corrected chi connectivity index (χ0v) is 12.3. The highest BCUT2D eigenvalue weighted by Gasteiger charge is 2.12. The predicted molar refractivity (Wildman–Crippen MR) is 78.7 cm³/mol. The van der Waals surface area contributed by atoms with Crippen LogP contribution in [0.5, 0.6) is 6.01 Å². The van der Waals surface area contributed by atoms with Gasteiger partial charge in [0.2, 0.25) is 11.1 Å². The van der Waals surface area contributed by atoms with E-state index in [1.807, 2.05) is 31.2 Å². The highest BCUT2D eigenvalue weighted by atomic mass is 32.2. The van der Waals surface area contributed by atoms with Crippen LogP contribution in [0.1, 0.15) is 6.92 Å². The van der Waals surface area contributed by atoms with Crippen LogP contribution in [-0.4, -0.2) is 33.6 Å². The van der Waals surface area contributed by atoms with Crippen LogP contribution >= 0.6 is 11.8 Å². The zero-order chi connectivity index (χ0) is 14.7. The van der Waals surface area contributed by atoms with Crippen molar-refractivity contribution in [3.05, 3.63) is 24.3 Å². The molecule has 3 rings (SSSR count). The van der Waals surface area contributed by atoms with Crippen molar-refractivity contribution in [2.45, 2.75) is 17.3 Å². The van der Waals surface area contributed by atoms with Crippen molar-refractivity contribution >= 4 is 28.8 Å². The van der Waals surface area contributed by atoms with Crippen molar-refractivity contribution in [3.63, 3.8) is 0 Å². The molecule has 2 heterocycles. The molecule has 2 aromatic heterocycles. The number of fused-ring (bicyclic) bond motifs is 1. The maximum absolute atomic E-state index is 5.64. The van der Waals surface area contributed by atoms with Gasteiger partial charge < -0.3 is 14.5 Å². The number of hydrogen-bond acceptors (Lipinski definition) is 8. The van der Waals surface area contributed by atoms with Crippen molar-refractivity contribution in [1.82, 2.24) is 19.9 Å². The van der Waals surface area contributed by atoms with Gasteiger partial charge in [-0.25, -0.2) is 4.98 Å². The lowest BCUT2D eigenvalue weighted by Gasteiger charge is -2.04. The summed E-state index contributed by atoms with van der Waals surface area (Å²) in [6.07, 6.45) is 0. The average Bonchev–Trinajstić information content (AvgIpc) is 2.89. The summed E-state index contributed by atoms with van der Waals surface area (Å²) in [6.45, 7) is 2.36. The van der Waals surface area contributed by atoms with Gasteiger partial charge in [0.1, 0.15) is 5.52 Å². The Hall–Kier alpha value is -2.35. The van der Waals surface area contributed by atoms with Gasteiger partial charge in [0.05, 0.1) is 6.61 Å². The predicted octanol–water partition coefficient (Wildman–Crippen LogP) is 2.60. The Labute approximate surface area is 125 Å². The van der Waals surface area contributed by atoms with E-state index in [-0.39, 0.29) is 6.01 Å². The molecule has 0 amide bonds. The number of anilines is 1. The lowest BCUT2D eigenvalue weighted by molar-refractivity contribution is 0.308. The van der Waals surface area contributed by atoms with Crippen LogP contribution in [0.25, 0.3) is 11.1 Å². The van der Waals surface area contributed by atoms with Gasteiger partial charge in [-0.15, -0.1) is 0 Å². The van der Waals surface area contributed by atoms with Gasteiger partial charge in [-0.05, 0) is 19.1 Å². The molecular formula is C13H13N5O2S. The average molecular weight is 303 g/mol. The number of para-hydroxylation sites is 2. The lowest BCUT2D eigenvalue weighted by atomic mass is 10.3. The first kappa shape index (κ1) is 13.6. The summed E-state index contributed by atoms with van der Waals surface area (Å²) < 4.78 is 11.0. The van der Waals surface area contributed by atoms with Crippen molar-refractivity contribution in [2.24, 2.45) is 0 Å². The number of ether oxygens (including phenoxy) is 1. The monoisotopic (exact) mass is 303 g/mol. The molecule has 0 atom stereocenters. The van der Waals surface area contributed by atoms with Crippen LogP contribution < -0.4 is 10.1 Å². The highest BCUT2D eigenvalue weighted by molar-refractivity contribution is 7.98. The van der Waals surface area contributed by atoms with E-state index in [9.17, 15) is 0 Å². The maximum Gasteiger partial charge on any atom is 0.322 e. The van der Waals surface area contributed by atoms with Gasteiger partial charge >= 0.3 is 6.01 Å². The Morgan fingerprint density at radius 1 is 1.19 bits per heavy atom. The molecule has 8 heteroatoms. The second kappa shape index (κ2) is 5.96. The summed E-state index contributed by atoms with van der Waals surface area (Å²) in [5.41, 5.74) is 1.53. The molecule has 1 N–H and O–H groups in total. The summed E-state index contributed by atoms with van der Waals surface area (Å²) in [5.74, 6) is 0.437. The second-order valence-electron chi connectivity index (χ2n) is 3.96. The molecule has 1 aromatic carbocycles. The molecule has 21 heavy (non-hydrogen) atoms. The van der Waals surface area contributed by atoms with E-state index in [0.717, 1.165) is 11.1 Å². The third-order valence-corrected chi connectivity index (χ3v) is 3.26. The van der Waals surface area contributed by atoms with Crippen LogP contribution in [-0.2, 0) is 0 Å². The Morgan fingerprint density at radius 2 is 2.05 bits per heavy atom. The Kier molecular flexibility index (Phi) is 3.87. The summed E-state index contributed by atoms with van der Waals surface area (Å²) in [7, 11) is 1.74. The van der Waals surface area contributed by atoms with Crippen molar-refractivity contribution in [2.75, 3.05) is 19.0 Å². The van der Waals surface area contributed by atoms with E-state index in [0.29, 0.717) is 22.9 Å². The first-order valence-electron chi connectivity index (χ1n) is 6.38. The summed E-state index contributed by atoms with van der Waals surface area (Å²) in [6, 6.07) is 7.84. The van der Waals surface area contributed by atoms with Gasteiger partial charge in [-0.3, -0.25) is 0 Å². The first-order chi connectivity index (χ1) is 10.3. The fourth-order valence-corrected chi connectivity index (χ4v) is 2.35. The quantitative estimate of drug-likeness (QED) is 0.769. The molecule has 0 unspecified atom stereocenters. The van der Waals surface area contributed by atoms with E-state index in [1.54, 1.807) is 7.05 Å². The number of hydrogen-bond donors (Lipinski definition) is 1. The molecule has 3 aromatic rings. The number of rotatable bonds is 5. The Morgan fingerprint density at radius 3 is 2.81 bits per heavy atom. The number of aromatic nitrogens is 4. The maximum atomic E-state index is 5.64. The fourth-order valence-electron chi connectivity index (χ4n) is 1.66. The van der Waals surface area contributed by atoms with Gasteiger partial charge in [-0.1, -0.05) is 12.1 Å². The zero-order valence-electron chi connectivity index (χ0n) is 11.5. The fraction of sp³-hybridized carbons (Fsp3) is 0.231. The number of benzene rings is 1. The molecule has 0 saturated heterocycles. The van der Waals surface area contributed by atoms with Gasteiger partial charge in [0, 0.05) is 18.8 Å². The third kappa shape index (κ3) is 3.05. The molecule has 0 spiro atoms. The minimum atomic E-state index is 0.274. The molecule has 7 nitrogen and oxygen atoms in total. The lowest BCUT2D eigenvalue weighted by Crippen LogP contribution is -2.04. The van der Waals surface area contributed by atoms with Crippen molar-refractivity contribution < 1.29 is 9.15 Å². The smallest absolute Gasteiger partial charge is 0.322 e. The number of oxazole rings is 1. The number of nitrogens with one attached hydrogen (secondary N) is 1. The second-order valence-corrected chi connectivity index (χ2v) is 4.88. The Bertz CT molecular complexity index is 728. The van der Waals surface area contributed by atoms with Crippen LogP contribution in [0, 0.1) is 0 Å². The largest absolute Gasteiger partial charge is 0.464 e. The van der Waals surface area contributed by atoms with Crippen LogP contribution in [0.4, 0.5) is 5.95 Å². The molecular weight excluding hydrogens is 290 g/mol. The van der Waals surface area contributed by atoms with E-state index in [1.165, 1.54) is 11.8 Å². The molecule has 0 bridgehead atoms. The normalized spacial score (nSPS) is 10.8. The summed E-state index contributed by atoms with van der Waals surface area (Å²) >= 11 is 1.22. The molecule has 0 radical (unpaired) electrons. The van der Waals surface area contributed by atoms with Gasteiger partial charge in [0.15, 0.2) is 5.58 Å². The van der Waals surface area contributed by atoms with Crippen LogP contribution in [0.15, 0.2) is 39.1 Å². The molecule has 108 valence electrons. The third-order valence-electron chi connectivity index (χ3n) is 2.54. The van der Waals surface area contributed by atoms with E-state index >= 15 is 0 Å². The SMILES string of the molecule is CCOc1nc(NC)nc(Sc2nc3ccccc3o2)n1. The summed E-state index contributed by atoms with van der Waals surface area (Å²) in [5, 5.41) is 3.81. The van der Waals surface area contributed by atoms with Crippen molar-refractivity contribution in [1.29, 1.82) is 0 Å². The highest BCUT2D eigenvalue weighted by Crippen LogP contribution is 2.28. The van der Waals surface area contributed by atoms with E-state index in [4.69, 9.17) is 9.15 Å². The van der Waals surface area contributed by atoms with Gasteiger partial charge in [-0.2, -0.15) is 15.0 Å². The minimum absolute atomic E-state index is 0.274. The van der Waals surface area contributed by atoms with Gasteiger partial charge in [0.25, 0.3) is 5.22 Å². The van der Waals surface area contributed by atoms with E-state index < -0.39 is 0 Å². The molecule has 0 aliphatic rings. The van der Waals surface area contributed by atoms with E-state index in [2.05, 4.69) is 25.3 Å². The standard InChI is InChI=1S/C13H13N5O2S/c1-3-19-11-16-10(14-2)17-12(18-11)21-13-15-8-6-4-5-7-9(8)20-13/h4-7H,3H2,1-2H3,(H,14,16,17,18). The topological polar surface area (TPSA) is 86.0 Å². The molecule has 0 saturated carbocycles. The minimum Gasteiger partial charge on any atom is -0.464 e. The summed E-state index contributed by atoms with van der Waals surface area (Å²) in [4.78, 5) is 16.9. The number of nitrogens with zero attached hydrogens (tertiary/aromatic N) is 4. The molecule has 0 aliphatic carbocycles. The van der Waals surface area contributed by atoms with Crippen molar-refractivity contribution in [3.8, 4) is 6.01 Å².